The largest absolute Gasteiger partial charge is 0.304 e. The minimum absolute atomic E-state index is 0.0824. The summed E-state index contributed by atoms with van der Waals surface area (Å²) in [6.45, 7) is 0. The first-order chi connectivity index (χ1) is 8.72. The van der Waals surface area contributed by atoms with Gasteiger partial charge in [-0.2, -0.15) is 0 Å². The van der Waals surface area contributed by atoms with E-state index in [4.69, 9.17) is 11.6 Å². The van der Waals surface area contributed by atoms with Crippen LogP contribution in [0.15, 0.2) is 12.1 Å². The SMILES string of the molecule is O=C(Cc1ccc(Cl)s1)C1CC2CCCCC2N1. The minimum Gasteiger partial charge on any atom is -0.304 e. The Kier molecular flexibility index (Phi) is 3.73. The van der Waals surface area contributed by atoms with Crippen LogP contribution in [0.3, 0.4) is 0 Å². The number of thiophene rings is 1. The quantitative estimate of drug-likeness (QED) is 0.921. The van der Waals surface area contributed by atoms with Crippen molar-refractivity contribution in [3.63, 3.8) is 0 Å². The van der Waals surface area contributed by atoms with E-state index < -0.39 is 0 Å². The van der Waals surface area contributed by atoms with E-state index in [0.717, 1.165) is 21.6 Å². The molecule has 98 valence electrons. The molecule has 1 aromatic heterocycles. The van der Waals surface area contributed by atoms with Gasteiger partial charge in [0.2, 0.25) is 0 Å². The Bertz CT molecular complexity index is 431. The number of hydrogen-bond donors (Lipinski definition) is 1. The predicted octanol–water partition coefficient (Wildman–Crippen LogP) is 3.43. The van der Waals surface area contributed by atoms with Crippen molar-refractivity contribution in [3.05, 3.63) is 21.3 Å². The number of Topliss-reactive ketones (excluding diaryl/α,β-unsaturated/α-hetero) is 1. The number of ketones is 1. The summed E-state index contributed by atoms with van der Waals surface area (Å²) in [4.78, 5) is 13.4. The highest BCUT2D eigenvalue weighted by Crippen LogP contribution is 2.34. The summed E-state index contributed by atoms with van der Waals surface area (Å²) in [5.74, 6) is 1.07. The molecule has 0 spiro atoms. The molecule has 2 aliphatic rings. The zero-order chi connectivity index (χ0) is 12.5. The predicted molar refractivity (Wildman–Crippen MR) is 75.3 cm³/mol. The number of carbonyl (C=O) groups excluding carboxylic acids is 1. The van der Waals surface area contributed by atoms with Crippen LogP contribution in [0.4, 0.5) is 0 Å². The molecular weight excluding hydrogens is 266 g/mol. The van der Waals surface area contributed by atoms with Gasteiger partial charge in [0.1, 0.15) is 0 Å². The van der Waals surface area contributed by atoms with E-state index in [0.29, 0.717) is 18.2 Å². The summed E-state index contributed by atoms with van der Waals surface area (Å²) in [6.07, 6.45) is 6.78. The van der Waals surface area contributed by atoms with Gasteiger partial charge >= 0.3 is 0 Å². The fraction of sp³-hybridized carbons (Fsp3) is 0.643. The topological polar surface area (TPSA) is 29.1 Å². The van der Waals surface area contributed by atoms with E-state index in [1.807, 2.05) is 12.1 Å². The van der Waals surface area contributed by atoms with Crippen molar-refractivity contribution < 1.29 is 4.79 Å². The lowest BCUT2D eigenvalue weighted by Gasteiger charge is -2.24. The maximum atomic E-state index is 12.3. The molecule has 3 unspecified atom stereocenters. The summed E-state index contributed by atoms with van der Waals surface area (Å²) < 4.78 is 0.769. The van der Waals surface area contributed by atoms with Crippen molar-refractivity contribution in [2.45, 2.75) is 50.6 Å². The second-order valence-corrected chi connectivity index (χ2v) is 7.25. The number of halogens is 1. The molecular formula is C14H18ClNOS. The van der Waals surface area contributed by atoms with Gasteiger partial charge in [0.05, 0.1) is 10.4 Å². The lowest BCUT2D eigenvalue weighted by Crippen LogP contribution is -2.37. The van der Waals surface area contributed by atoms with Crippen LogP contribution in [0.5, 0.6) is 0 Å². The van der Waals surface area contributed by atoms with Crippen molar-refractivity contribution in [1.29, 1.82) is 0 Å². The lowest BCUT2D eigenvalue weighted by molar-refractivity contribution is -0.120. The van der Waals surface area contributed by atoms with Gasteiger partial charge in [-0.05, 0) is 37.3 Å². The Morgan fingerprint density at radius 3 is 2.94 bits per heavy atom. The van der Waals surface area contributed by atoms with Crippen LogP contribution in [0.25, 0.3) is 0 Å². The molecule has 4 heteroatoms. The molecule has 0 bridgehead atoms. The standard InChI is InChI=1S/C14H18ClNOS/c15-14-6-5-10(18-14)8-13(17)12-7-9-3-1-2-4-11(9)16-12/h5-6,9,11-12,16H,1-4,7-8H2. The van der Waals surface area contributed by atoms with Gasteiger partial charge in [0.15, 0.2) is 5.78 Å². The molecule has 2 fully saturated rings. The third-order valence-corrected chi connectivity index (χ3v) is 5.46. The number of hydrogen-bond acceptors (Lipinski definition) is 3. The molecule has 0 radical (unpaired) electrons. The van der Waals surface area contributed by atoms with Gasteiger partial charge in [0.25, 0.3) is 0 Å². The molecule has 0 aromatic carbocycles. The lowest BCUT2D eigenvalue weighted by atomic mass is 9.84. The van der Waals surface area contributed by atoms with E-state index in [2.05, 4.69) is 5.32 Å². The second-order valence-electron chi connectivity index (χ2n) is 5.45. The zero-order valence-corrected chi connectivity index (χ0v) is 11.9. The number of fused-ring (bicyclic) bond motifs is 1. The van der Waals surface area contributed by atoms with Crippen LogP contribution in [0, 0.1) is 5.92 Å². The molecule has 1 saturated carbocycles. The molecule has 2 heterocycles. The number of nitrogens with one attached hydrogen (secondary N) is 1. The molecule has 3 rings (SSSR count). The van der Waals surface area contributed by atoms with E-state index in [-0.39, 0.29) is 6.04 Å². The first kappa shape index (κ1) is 12.6. The van der Waals surface area contributed by atoms with Gasteiger partial charge < -0.3 is 5.32 Å². The van der Waals surface area contributed by atoms with Crippen molar-refractivity contribution in [1.82, 2.24) is 5.32 Å². The molecule has 1 saturated heterocycles. The molecule has 1 N–H and O–H groups in total. The summed E-state index contributed by atoms with van der Waals surface area (Å²) in [5.41, 5.74) is 0. The van der Waals surface area contributed by atoms with Crippen molar-refractivity contribution >= 4 is 28.7 Å². The maximum absolute atomic E-state index is 12.3. The van der Waals surface area contributed by atoms with Crippen LogP contribution in [-0.4, -0.2) is 17.9 Å². The van der Waals surface area contributed by atoms with Gasteiger partial charge in [-0.3, -0.25) is 4.79 Å². The van der Waals surface area contributed by atoms with Crippen LogP contribution in [0.2, 0.25) is 4.34 Å². The van der Waals surface area contributed by atoms with Gasteiger partial charge in [-0.15, -0.1) is 11.3 Å². The fourth-order valence-electron chi connectivity index (χ4n) is 3.30. The van der Waals surface area contributed by atoms with Crippen LogP contribution < -0.4 is 5.32 Å². The molecule has 1 aliphatic carbocycles. The maximum Gasteiger partial charge on any atom is 0.154 e. The van der Waals surface area contributed by atoms with Crippen molar-refractivity contribution in [3.8, 4) is 0 Å². The van der Waals surface area contributed by atoms with Gasteiger partial charge in [-0.25, -0.2) is 0 Å². The van der Waals surface area contributed by atoms with Gasteiger partial charge in [0, 0.05) is 17.3 Å². The summed E-state index contributed by atoms with van der Waals surface area (Å²) in [7, 11) is 0. The summed E-state index contributed by atoms with van der Waals surface area (Å²) in [6, 6.07) is 4.52. The van der Waals surface area contributed by atoms with E-state index in [1.54, 1.807) is 0 Å². The molecule has 2 nitrogen and oxygen atoms in total. The van der Waals surface area contributed by atoms with E-state index in [9.17, 15) is 4.79 Å². The smallest absolute Gasteiger partial charge is 0.154 e. The normalized spacial score (nSPS) is 31.3. The monoisotopic (exact) mass is 283 g/mol. The highest BCUT2D eigenvalue weighted by molar-refractivity contribution is 7.16. The Balaban J connectivity index is 1.60. The molecule has 3 atom stereocenters. The average Bonchev–Trinajstić information content (AvgIpc) is 2.95. The molecule has 18 heavy (non-hydrogen) atoms. The first-order valence-corrected chi connectivity index (χ1v) is 7.95. The number of rotatable bonds is 3. The summed E-state index contributed by atoms with van der Waals surface area (Å²) in [5, 5.41) is 3.54. The highest BCUT2D eigenvalue weighted by Gasteiger charge is 2.37. The second kappa shape index (κ2) is 5.32. The third kappa shape index (κ3) is 2.63. The first-order valence-electron chi connectivity index (χ1n) is 6.75. The highest BCUT2D eigenvalue weighted by atomic mass is 35.5. The Morgan fingerprint density at radius 2 is 2.22 bits per heavy atom. The fourth-order valence-corrected chi connectivity index (χ4v) is 4.40. The van der Waals surface area contributed by atoms with E-state index >= 15 is 0 Å². The minimum atomic E-state index is 0.0824. The Labute approximate surface area is 117 Å². The van der Waals surface area contributed by atoms with Crippen molar-refractivity contribution in [2.75, 3.05) is 0 Å². The Hall–Kier alpha value is -0.380. The summed E-state index contributed by atoms with van der Waals surface area (Å²) >= 11 is 7.41. The molecule has 1 aromatic rings. The van der Waals surface area contributed by atoms with Crippen LogP contribution in [-0.2, 0) is 11.2 Å². The molecule has 0 amide bonds. The zero-order valence-electron chi connectivity index (χ0n) is 10.3. The average molecular weight is 284 g/mol. The Morgan fingerprint density at radius 1 is 1.39 bits per heavy atom. The van der Waals surface area contributed by atoms with Crippen LogP contribution in [0.1, 0.15) is 37.0 Å². The number of carbonyl (C=O) groups is 1. The molecule has 1 aliphatic heterocycles. The van der Waals surface area contributed by atoms with Crippen molar-refractivity contribution in [2.24, 2.45) is 5.92 Å². The van der Waals surface area contributed by atoms with Gasteiger partial charge in [-0.1, -0.05) is 24.4 Å². The van der Waals surface area contributed by atoms with E-state index in [1.165, 1.54) is 37.0 Å². The third-order valence-electron chi connectivity index (χ3n) is 4.23. The van der Waals surface area contributed by atoms with Crippen LogP contribution >= 0.6 is 22.9 Å².